The molecule has 0 amide bonds. The number of unbranched alkanes of at least 4 members (excludes halogenated alkanes) is 3. The van der Waals surface area contributed by atoms with Crippen molar-refractivity contribution in [3.8, 4) is 17.3 Å². The maximum atomic E-state index is 11.1. The highest BCUT2D eigenvalue weighted by Crippen LogP contribution is 2.21. The zero-order valence-electron chi connectivity index (χ0n) is 16.8. The minimum absolute atomic E-state index is 0.182. The Balaban J connectivity index is 1.90. The van der Waals surface area contributed by atoms with Crippen LogP contribution in [0.25, 0.3) is 11.3 Å². The van der Waals surface area contributed by atoms with Gasteiger partial charge in [-0.3, -0.25) is 14.8 Å². The summed E-state index contributed by atoms with van der Waals surface area (Å²) in [5, 5.41) is 18.0. The van der Waals surface area contributed by atoms with E-state index in [4.69, 9.17) is 10.4 Å². The van der Waals surface area contributed by atoms with Gasteiger partial charge >= 0.3 is 5.97 Å². The fourth-order valence-electron chi connectivity index (χ4n) is 3.19. The lowest BCUT2D eigenvalue weighted by Gasteiger charge is -2.13. The van der Waals surface area contributed by atoms with Crippen LogP contribution in [0.4, 0.5) is 0 Å². The van der Waals surface area contributed by atoms with E-state index in [1.54, 1.807) is 0 Å². The van der Waals surface area contributed by atoms with Crippen molar-refractivity contribution in [1.82, 2.24) is 9.97 Å². The number of carbonyl (C=O) groups is 1. The van der Waals surface area contributed by atoms with Crippen molar-refractivity contribution in [3.05, 3.63) is 47.9 Å². The number of rotatable bonds is 11. The van der Waals surface area contributed by atoms with Crippen LogP contribution in [0, 0.1) is 23.2 Å². The minimum Gasteiger partial charge on any atom is -0.480 e. The molecular formula is C23H29N3O2. The fraction of sp³-hybridized carbons (Fsp3) is 0.478. The van der Waals surface area contributed by atoms with Gasteiger partial charge in [-0.1, -0.05) is 57.4 Å². The van der Waals surface area contributed by atoms with Crippen LogP contribution < -0.4 is 0 Å². The van der Waals surface area contributed by atoms with Gasteiger partial charge in [0.05, 0.1) is 23.7 Å². The molecule has 0 saturated carbocycles. The first-order valence-corrected chi connectivity index (χ1v) is 10.1. The van der Waals surface area contributed by atoms with Crippen LogP contribution in [-0.2, 0) is 17.6 Å². The SMILES string of the molecule is CCCCCCc1cnc(-c2ccc(CCC(C)C(C#N)C(=O)O)cc2)cn1. The third-order valence-corrected chi connectivity index (χ3v) is 5.10. The average molecular weight is 380 g/mol. The first-order chi connectivity index (χ1) is 13.5. The molecule has 148 valence electrons. The number of nitriles is 1. The molecule has 2 unspecified atom stereocenters. The predicted molar refractivity (Wildman–Crippen MR) is 110 cm³/mol. The monoisotopic (exact) mass is 379 g/mol. The zero-order valence-corrected chi connectivity index (χ0v) is 16.8. The quantitative estimate of drug-likeness (QED) is 0.551. The number of aryl methyl sites for hydroxylation is 2. The van der Waals surface area contributed by atoms with Crippen molar-refractivity contribution in [2.75, 3.05) is 0 Å². The van der Waals surface area contributed by atoms with Crippen LogP contribution in [0.15, 0.2) is 36.7 Å². The number of hydrogen-bond donors (Lipinski definition) is 1. The number of benzene rings is 1. The topological polar surface area (TPSA) is 86.9 Å². The van der Waals surface area contributed by atoms with Crippen molar-refractivity contribution >= 4 is 5.97 Å². The van der Waals surface area contributed by atoms with E-state index < -0.39 is 11.9 Å². The van der Waals surface area contributed by atoms with Crippen molar-refractivity contribution in [2.45, 2.75) is 58.8 Å². The number of carboxylic acids is 1. The summed E-state index contributed by atoms with van der Waals surface area (Å²) in [5.41, 5.74) is 4.03. The van der Waals surface area contributed by atoms with E-state index >= 15 is 0 Å². The molecule has 1 aromatic heterocycles. The first-order valence-electron chi connectivity index (χ1n) is 10.1. The maximum absolute atomic E-state index is 11.1. The van der Waals surface area contributed by atoms with Crippen molar-refractivity contribution in [2.24, 2.45) is 11.8 Å². The van der Waals surface area contributed by atoms with Gasteiger partial charge in [0.2, 0.25) is 0 Å². The maximum Gasteiger partial charge on any atom is 0.321 e. The molecule has 28 heavy (non-hydrogen) atoms. The second kappa shape index (κ2) is 11.2. The van der Waals surface area contributed by atoms with Gasteiger partial charge in [0, 0.05) is 11.8 Å². The van der Waals surface area contributed by atoms with Gasteiger partial charge in [0.15, 0.2) is 0 Å². The molecular weight excluding hydrogens is 350 g/mol. The summed E-state index contributed by atoms with van der Waals surface area (Å²) < 4.78 is 0. The zero-order chi connectivity index (χ0) is 20.4. The highest BCUT2D eigenvalue weighted by molar-refractivity contribution is 5.73. The minimum atomic E-state index is -1.04. The highest BCUT2D eigenvalue weighted by atomic mass is 16.4. The van der Waals surface area contributed by atoms with Gasteiger partial charge < -0.3 is 5.11 Å². The lowest BCUT2D eigenvalue weighted by molar-refractivity contribution is -0.141. The third-order valence-electron chi connectivity index (χ3n) is 5.10. The van der Waals surface area contributed by atoms with Gasteiger partial charge in [-0.2, -0.15) is 5.26 Å². The summed E-state index contributed by atoms with van der Waals surface area (Å²) in [5.74, 6) is -2.18. The number of aromatic nitrogens is 2. The Kier molecular flexibility index (Phi) is 8.61. The summed E-state index contributed by atoms with van der Waals surface area (Å²) >= 11 is 0. The Labute approximate surface area is 167 Å². The lowest BCUT2D eigenvalue weighted by Crippen LogP contribution is -2.20. The van der Waals surface area contributed by atoms with E-state index in [0.717, 1.165) is 41.8 Å². The van der Waals surface area contributed by atoms with Crippen LogP contribution in [0.5, 0.6) is 0 Å². The summed E-state index contributed by atoms with van der Waals surface area (Å²) in [7, 11) is 0. The molecule has 0 radical (unpaired) electrons. The summed E-state index contributed by atoms with van der Waals surface area (Å²) in [6.45, 7) is 4.02. The molecule has 2 aromatic rings. The summed E-state index contributed by atoms with van der Waals surface area (Å²) in [6.07, 6.45) is 11.0. The van der Waals surface area contributed by atoms with Crippen molar-refractivity contribution in [3.63, 3.8) is 0 Å². The van der Waals surface area contributed by atoms with Gasteiger partial charge in [-0.15, -0.1) is 0 Å². The number of nitrogens with zero attached hydrogens (tertiary/aromatic N) is 3. The molecule has 2 rings (SSSR count). The normalized spacial score (nSPS) is 12.9. The fourth-order valence-corrected chi connectivity index (χ4v) is 3.19. The van der Waals surface area contributed by atoms with Gasteiger partial charge in [-0.05, 0) is 37.2 Å². The van der Waals surface area contributed by atoms with Crippen LogP contribution in [-0.4, -0.2) is 21.0 Å². The number of carboxylic acid groups (broad SMARTS) is 1. The molecule has 0 saturated heterocycles. The number of hydrogen-bond acceptors (Lipinski definition) is 4. The summed E-state index contributed by atoms with van der Waals surface area (Å²) in [6, 6.07) is 9.98. The molecule has 1 N–H and O–H groups in total. The Morgan fingerprint density at radius 2 is 1.86 bits per heavy atom. The molecule has 0 bridgehead atoms. The smallest absolute Gasteiger partial charge is 0.321 e. The average Bonchev–Trinajstić information content (AvgIpc) is 2.71. The van der Waals surface area contributed by atoms with Gasteiger partial charge in [-0.25, -0.2) is 0 Å². The van der Waals surface area contributed by atoms with Gasteiger partial charge in [0.25, 0.3) is 0 Å². The molecule has 0 aliphatic rings. The van der Waals surface area contributed by atoms with E-state index in [1.165, 1.54) is 19.3 Å². The largest absolute Gasteiger partial charge is 0.480 e. The van der Waals surface area contributed by atoms with Crippen LogP contribution in [0.3, 0.4) is 0 Å². The number of aliphatic carboxylic acids is 1. The second-order valence-corrected chi connectivity index (χ2v) is 7.36. The molecule has 0 aliphatic carbocycles. The first kappa shape index (κ1) is 21.6. The Bertz CT molecular complexity index is 779. The molecule has 0 fully saturated rings. The second-order valence-electron chi connectivity index (χ2n) is 7.36. The van der Waals surface area contributed by atoms with Crippen LogP contribution in [0.1, 0.15) is 57.2 Å². The Hall–Kier alpha value is -2.74. The molecule has 1 aromatic carbocycles. The predicted octanol–water partition coefficient (Wildman–Crippen LogP) is 5.06. The molecule has 2 atom stereocenters. The van der Waals surface area contributed by atoms with Crippen LogP contribution in [0.2, 0.25) is 0 Å². The molecule has 0 aliphatic heterocycles. The molecule has 0 spiro atoms. The Morgan fingerprint density at radius 1 is 1.11 bits per heavy atom. The van der Waals surface area contributed by atoms with Gasteiger partial charge in [0.1, 0.15) is 5.92 Å². The van der Waals surface area contributed by atoms with E-state index in [2.05, 4.69) is 16.9 Å². The molecule has 5 heteroatoms. The van der Waals surface area contributed by atoms with E-state index in [9.17, 15) is 4.79 Å². The molecule has 1 heterocycles. The molecule has 5 nitrogen and oxygen atoms in total. The standard InChI is InChI=1S/C23H29N3O2/c1-3-4-5-6-7-20-15-26-22(16-25-20)19-12-10-18(11-13-19)9-8-17(2)21(14-24)23(27)28/h10-13,15-17,21H,3-9H2,1-2H3,(H,27,28). The third kappa shape index (κ3) is 6.45. The van der Waals surface area contributed by atoms with Crippen molar-refractivity contribution < 1.29 is 9.90 Å². The lowest BCUT2D eigenvalue weighted by atomic mass is 9.89. The van der Waals surface area contributed by atoms with Crippen LogP contribution >= 0.6 is 0 Å². The Morgan fingerprint density at radius 3 is 2.43 bits per heavy atom. The highest BCUT2D eigenvalue weighted by Gasteiger charge is 2.23. The van der Waals surface area contributed by atoms with E-state index in [0.29, 0.717) is 6.42 Å². The van der Waals surface area contributed by atoms with E-state index in [-0.39, 0.29) is 5.92 Å². The van der Waals surface area contributed by atoms with E-state index in [1.807, 2.05) is 49.7 Å². The van der Waals surface area contributed by atoms with Crippen molar-refractivity contribution in [1.29, 1.82) is 5.26 Å². The summed E-state index contributed by atoms with van der Waals surface area (Å²) in [4.78, 5) is 20.1.